The van der Waals surface area contributed by atoms with Gasteiger partial charge in [-0.25, -0.2) is 23.1 Å². The van der Waals surface area contributed by atoms with Crippen LogP contribution in [0.2, 0.25) is 5.28 Å². The first kappa shape index (κ1) is 44.3. The van der Waals surface area contributed by atoms with Crippen molar-refractivity contribution in [2.75, 3.05) is 18.5 Å². The zero-order chi connectivity index (χ0) is 42.4. The van der Waals surface area contributed by atoms with Gasteiger partial charge in [0.2, 0.25) is 5.28 Å². The summed E-state index contributed by atoms with van der Waals surface area (Å²) in [7, 11) is -24.2. The molecule has 6 rings (SSSR count). The van der Waals surface area contributed by atoms with Gasteiger partial charge in [-0.05, 0) is 23.7 Å². The number of hydrogen-bond donors (Lipinski definition) is 10. The normalized spacial score (nSPS) is 29.1. The summed E-state index contributed by atoms with van der Waals surface area (Å²) in [4.78, 5) is 73.0. The minimum atomic E-state index is -6.26. The molecule has 58 heavy (non-hydrogen) atoms. The molecular weight excluding hydrogens is 896 g/mol. The predicted octanol–water partition coefficient (Wildman–Crippen LogP) is -1.11. The summed E-state index contributed by atoms with van der Waals surface area (Å²) in [5.74, 6) is 0.0964. The van der Waals surface area contributed by atoms with Gasteiger partial charge in [0.05, 0.1) is 13.2 Å². The Morgan fingerprint density at radius 2 is 1.29 bits per heavy atom. The predicted molar refractivity (Wildman–Crippen MR) is 185 cm³/mol. The van der Waals surface area contributed by atoms with Crippen molar-refractivity contribution < 1.29 is 89.7 Å². The molecule has 10 N–H and O–H groups in total. The number of nitrogens with zero attached hydrogens (tertiary/aromatic N) is 6. The molecule has 1 aromatic carbocycles. The molecule has 318 valence electrons. The molecule has 4 unspecified atom stereocenters. The van der Waals surface area contributed by atoms with Crippen molar-refractivity contribution in [3.8, 4) is 0 Å². The van der Waals surface area contributed by atoms with Crippen LogP contribution in [0.25, 0.3) is 11.2 Å². The van der Waals surface area contributed by atoms with Crippen LogP contribution in [0.1, 0.15) is 12.5 Å². The number of phosphoric acid groups is 4. The van der Waals surface area contributed by atoms with Gasteiger partial charge < -0.3 is 54.8 Å². The molecule has 29 nitrogen and oxygen atoms in total. The zero-order valence-electron chi connectivity index (χ0n) is 28.3. The van der Waals surface area contributed by atoms with E-state index in [1.807, 2.05) is 4.98 Å². The molecule has 3 aromatic heterocycles. The molecule has 34 heteroatoms. The molecular formula is C24H29ClN8O21P4. The van der Waals surface area contributed by atoms with E-state index in [-0.39, 0.29) is 22.3 Å². The maximum absolute atomic E-state index is 12.5. The SMILES string of the molecule is O=c1ccn([C@@H]2O[C@H](COP(=O)(O)OP(=O)(O)OP(=O)(O)OP(=O)(O)OC[C@H]3O[C@@H](n4nnc5c(Nc6ccccc6)nc(Cl)nc54)[C@H](O)[C@@H]3O)[C@@H](O)[C@H]2O)c(=O)[nH]1. The van der Waals surface area contributed by atoms with E-state index < -0.39 is 105 Å². The third-order valence-electron chi connectivity index (χ3n) is 7.80. The summed E-state index contributed by atoms with van der Waals surface area (Å²) in [6.07, 6.45) is -13.4. The largest absolute Gasteiger partial charge is 0.490 e. The van der Waals surface area contributed by atoms with Crippen LogP contribution in [-0.2, 0) is 49.7 Å². The summed E-state index contributed by atoms with van der Waals surface area (Å²) in [6.45, 7) is -2.39. The molecule has 2 aliphatic heterocycles. The monoisotopic (exact) mass is 924 g/mol. The average molecular weight is 925 g/mol. The van der Waals surface area contributed by atoms with E-state index in [1.54, 1.807) is 30.3 Å². The lowest BCUT2D eigenvalue weighted by molar-refractivity contribution is -0.0566. The highest BCUT2D eigenvalue weighted by Crippen LogP contribution is 2.71. The first-order valence-electron chi connectivity index (χ1n) is 15.7. The van der Waals surface area contributed by atoms with Crippen LogP contribution in [0.5, 0.6) is 0 Å². The van der Waals surface area contributed by atoms with Crippen LogP contribution in [-0.4, -0.2) is 124 Å². The van der Waals surface area contributed by atoms with Crippen LogP contribution in [0.3, 0.4) is 0 Å². The second-order valence-electron chi connectivity index (χ2n) is 11.9. The van der Waals surface area contributed by atoms with Crippen molar-refractivity contribution in [2.24, 2.45) is 0 Å². The third-order valence-corrected chi connectivity index (χ3v) is 13.9. The summed E-state index contributed by atoms with van der Waals surface area (Å²) < 4.78 is 82.5. The van der Waals surface area contributed by atoms with Gasteiger partial charge in [-0.3, -0.25) is 23.4 Å². The number of aromatic nitrogens is 7. The fraction of sp³-hybridized carbons (Fsp3) is 0.417. The lowest BCUT2D eigenvalue weighted by Crippen LogP contribution is -2.37. The molecule has 12 atom stereocenters. The van der Waals surface area contributed by atoms with Crippen LogP contribution in [0.4, 0.5) is 11.5 Å². The highest BCUT2D eigenvalue weighted by atomic mass is 35.5. The summed E-state index contributed by atoms with van der Waals surface area (Å²) in [5, 5.41) is 52.3. The highest BCUT2D eigenvalue weighted by Gasteiger charge is 2.50. The third kappa shape index (κ3) is 10.4. The molecule has 0 amide bonds. The molecule has 2 saturated heterocycles. The molecule has 5 heterocycles. The van der Waals surface area contributed by atoms with Crippen LogP contribution in [0, 0.1) is 0 Å². The minimum Gasteiger partial charge on any atom is -0.387 e. The topological polar surface area (TPSA) is 418 Å². The molecule has 0 aliphatic carbocycles. The molecule has 2 aliphatic rings. The fourth-order valence-electron chi connectivity index (χ4n) is 5.32. The van der Waals surface area contributed by atoms with Crippen molar-refractivity contribution in [3.05, 3.63) is 68.7 Å². The molecule has 0 saturated carbocycles. The highest BCUT2D eigenvalue weighted by molar-refractivity contribution is 7.69. The molecule has 0 bridgehead atoms. The van der Waals surface area contributed by atoms with E-state index in [0.29, 0.717) is 10.3 Å². The average Bonchev–Trinajstić information content (AvgIpc) is 3.74. The number of rotatable bonds is 16. The number of H-pyrrole nitrogens is 1. The number of aliphatic hydroxyl groups is 4. The van der Waals surface area contributed by atoms with E-state index in [1.165, 1.54) is 0 Å². The van der Waals surface area contributed by atoms with Gasteiger partial charge in [0, 0.05) is 18.0 Å². The number of benzene rings is 1. The number of nitrogens with one attached hydrogen (secondary N) is 2. The summed E-state index contributed by atoms with van der Waals surface area (Å²) >= 11 is 6.08. The lowest BCUT2D eigenvalue weighted by Gasteiger charge is -2.21. The Bertz CT molecular complexity index is 2460. The number of hydrogen-bond acceptors (Lipinski definition) is 22. The van der Waals surface area contributed by atoms with Crippen LogP contribution < -0.4 is 16.6 Å². The van der Waals surface area contributed by atoms with Gasteiger partial charge >= 0.3 is 37.0 Å². The van der Waals surface area contributed by atoms with E-state index in [4.69, 9.17) is 21.1 Å². The van der Waals surface area contributed by atoms with Gasteiger partial charge in [0.15, 0.2) is 29.4 Å². The standard InChI is InChI=1S/C24H29ClN8O21P4/c25-23-28-19(26-10-4-2-1-3-5-10)14-20(29-23)33(31-30-14)22-18(38)16(36)12(51-22)9-49-56(42,43)53-58(46,47)54-57(44,45)52-55(40,41)48-8-11-15(35)17(37)21(50-11)32-7-6-13(34)27-24(32)39/h1-7,11-12,15-18,21-22,35-38H,8-9H2,(H,40,41)(H,42,43)(H,44,45)(H,46,47)(H,26,28,29)(H,27,34,39)/t11-,12-,15-,16-,17-,18-,21-,22-/m1/s1. The second-order valence-corrected chi connectivity index (χ2v) is 18.4. The number of halogens is 1. The van der Waals surface area contributed by atoms with Gasteiger partial charge in [-0.2, -0.15) is 27.6 Å². The van der Waals surface area contributed by atoms with Crippen molar-refractivity contribution in [1.82, 2.24) is 34.5 Å². The Kier molecular flexibility index (Phi) is 13.0. The smallest absolute Gasteiger partial charge is 0.387 e. The molecule has 2 fully saturated rings. The molecule has 4 aromatic rings. The fourth-order valence-corrected chi connectivity index (χ4v) is 10.4. The maximum atomic E-state index is 12.5. The van der Waals surface area contributed by atoms with Crippen molar-refractivity contribution in [1.29, 1.82) is 0 Å². The van der Waals surface area contributed by atoms with Gasteiger partial charge in [0.25, 0.3) is 5.56 Å². The number of anilines is 2. The van der Waals surface area contributed by atoms with Crippen molar-refractivity contribution >= 4 is 65.6 Å². The number of para-hydroxylation sites is 1. The van der Waals surface area contributed by atoms with Crippen LogP contribution in [0.15, 0.2) is 52.2 Å². The Hall–Kier alpha value is -3.21. The number of aliphatic hydroxyl groups excluding tert-OH is 4. The summed E-state index contributed by atoms with van der Waals surface area (Å²) in [5.41, 5.74) is -1.36. The Morgan fingerprint density at radius 1 is 0.759 bits per heavy atom. The summed E-state index contributed by atoms with van der Waals surface area (Å²) in [6, 6.07) is 9.53. The number of phosphoric ester groups is 2. The van der Waals surface area contributed by atoms with Crippen LogP contribution >= 0.6 is 42.9 Å². The van der Waals surface area contributed by atoms with Gasteiger partial charge in [-0.1, -0.05) is 23.4 Å². The first-order valence-corrected chi connectivity index (χ1v) is 22.1. The van der Waals surface area contributed by atoms with E-state index in [2.05, 4.69) is 47.6 Å². The maximum Gasteiger partial charge on any atom is 0.490 e. The lowest BCUT2D eigenvalue weighted by atomic mass is 10.1. The quantitative estimate of drug-likeness (QED) is 0.0470. The zero-order valence-corrected chi connectivity index (χ0v) is 32.6. The Morgan fingerprint density at radius 3 is 1.86 bits per heavy atom. The molecule has 0 spiro atoms. The van der Waals surface area contributed by atoms with Gasteiger partial charge in [0.1, 0.15) is 36.6 Å². The Balaban J connectivity index is 1.03. The van der Waals surface area contributed by atoms with E-state index in [0.717, 1.165) is 16.9 Å². The minimum absolute atomic E-state index is 0.0392. The van der Waals surface area contributed by atoms with E-state index >= 15 is 0 Å². The first-order chi connectivity index (χ1) is 27.0. The van der Waals surface area contributed by atoms with E-state index in [9.17, 15) is 67.8 Å². The second kappa shape index (κ2) is 17.0. The van der Waals surface area contributed by atoms with Gasteiger partial charge in [-0.15, -0.1) is 5.10 Å². The van der Waals surface area contributed by atoms with Crippen molar-refractivity contribution in [3.63, 3.8) is 0 Å². The number of fused-ring (bicyclic) bond motifs is 1. The number of aromatic amines is 1. The molecule has 0 radical (unpaired) electrons. The number of ether oxygens (including phenoxy) is 2. The van der Waals surface area contributed by atoms with Crippen molar-refractivity contribution in [2.45, 2.75) is 49.1 Å². The Labute approximate surface area is 325 Å².